The second kappa shape index (κ2) is 9.51. The van der Waals surface area contributed by atoms with Crippen LogP contribution in [0.2, 0.25) is 0 Å². The Balaban J connectivity index is 1.49. The molecule has 0 saturated carbocycles. The predicted molar refractivity (Wildman–Crippen MR) is 125 cm³/mol. The number of carboxylic acids is 1. The van der Waals surface area contributed by atoms with Gasteiger partial charge in [0.05, 0.1) is 23.8 Å². The molecule has 7 nitrogen and oxygen atoms in total. The van der Waals surface area contributed by atoms with Crippen LogP contribution in [0.5, 0.6) is 11.5 Å². The van der Waals surface area contributed by atoms with Crippen LogP contribution in [-0.2, 0) is 4.74 Å². The van der Waals surface area contributed by atoms with E-state index < -0.39 is 24.5 Å². The Morgan fingerprint density at radius 2 is 1.82 bits per heavy atom. The summed E-state index contributed by atoms with van der Waals surface area (Å²) in [6.45, 7) is 0.366. The van der Waals surface area contributed by atoms with E-state index in [1.807, 2.05) is 60.7 Å². The number of aromatic carboxylic acids is 1. The Morgan fingerprint density at radius 3 is 2.71 bits per heavy atom. The second-order valence-corrected chi connectivity index (χ2v) is 8.01. The molecular formula is C27H23NO6. The molecule has 0 radical (unpaired) electrons. The summed E-state index contributed by atoms with van der Waals surface area (Å²) in [6.07, 6.45) is -2.13. The summed E-state index contributed by atoms with van der Waals surface area (Å²) in [5.74, 6) is -0.115. The zero-order chi connectivity index (χ0) is 23.5. The number of hydrogen-bond donors (Lipinski definition) is 2. The van der Waals surface area contributed by atoms with E-state index in [-0.39, 0.29) is 5.56 Å². The van der Waals surface area contributed by atoms with E-state index in [1.54, 1.807) is 12.1 Å². The highest BCUT2D eigenvalue weighted by Crippen LogP contribution is 2.36. The normalized spacial score (nSPS) is 18.4. The van der Waals surface area contributed by atoms with E-state index in [4.69, 9.17) is 19.2 Å². The number of fused-ring (bicyclic) bond motifs is 2. The van der Waals surface area contributed by atoms with Gasteiger partial charge in [0.1, 0.15) is 23.3 Å². The topological polar surface area (TPSA) is 98.1 Å². The Bertz CT molecular complexity index is 1320. The quantitative estimate of drug-likeness (QED) is 0.397. The van der Waals surface area contributed by atoms with Crippen molar-refractivity contribution in [3.05, 3.63) is 102 Å². The lowest BCUT2D eigenvalue weighted by Gasteiger charge is -2.27. The minimum atomic E-state index is -1.06. The fourth-order valence-corrected chi connectivity index (χ4v) is 4.00. The van der Waals surface area contributed by atoms with Crippen molar-refractivity contribution in [3.8, 4) is 11.5 Å². The molecule has 2 N–H and O–H groups in total. The SMILES string of the molecule is O=C(O)c1cccc(OC(OC2CCOc3ccccc3C2O)c2ccc3ccccc3n2)c1. The molecule has 5 rings (SSSR count). The zero-order valence-corrected chi connectivity index (χ0v) is 18.2. The molecule has 1 aliphatic heterocycles. The van der Waals surface area contributed by atoms with Crippen molar-refractivity contribution in [2.45, 2.75) is 24.9 Å². The van der Waals surface area contributed by atoms with E-state index in [1.165, 1.54) is 12.1 Å². The van der Waals surface area contributed by atoms with Gasteiger partial charge in [0, 0.05) is 17.4 Å². The molecule has 172 valence electrons. The molecule has 7 heteroatoms. The number of ether oxygens (including phenoxy) is 3. The van der Waals surface area contributed by atoms with Crippen molar-refractivity contribution in [2.75, 3.05) is 6.61 Å². The lowest BCUT2D eigenvalue weighted by atomic mass is 10.0. The van der Waals surface area contributed by atoms with Gasteiger partial charge >= 0.3 is 5.97 Å². The Kier molecular flexibility index (Phi) is 6.12. The van der Waals surface area contributed by atoms with Gasteiger partial charge in [0.25, 0.3) is 0 Å². The van der Waals surface area contributed by atoms with E-state index >= 15 is 0 Å². The molecule has 0 bridgehead atoms. The maximum absolute atomic E-state index is 11.4. The Hall–Kier alpha value is -3.94. The maximum Gasteiger partial charge on any atom is 0.335 e. The third kappa shape index (κ3) is 4.57. The van der Waals surface area contributed by atoms with Crippen LogP contribution < -0.4 is 9.47 Å². The van der Waals surface area contributed by atoms with Crippen molar-refractivity contribution in [3.63, 3.8) is 0 Å². The van der Waals surface area contributed by atoms with Crippen molar-refractivity contribution in [1.82, 2.24) is 4.98 Å². The third-order valence-electron chi connectivity index (χ3n) is 5.73. The van der Waals surface area contributed by atoms with Crippen LogP contribution in [0.4, 0.5) is 0 Å². The molecule has 4 aromatic rings. The Labute approximate surface area is 196 Å². The van der Waals surface area contributed by atoms with E-state index in [0.29, 0.717) is 35.8 Å². The molecule has 3 unspecified atom stereocenters. The van der Waals surface area contributed by atoms with Crippen LogP contribution in [0.15, 0.2) is 84.9 Å². The van der Waals surface area contributed by atoms with Gasteiger partial charge in [0.15, 0.2) is 0 Å². The maximum atomic E-state index is 11.4. The molecular weight excluding hydrogens is 434 g/mol. The standard InChI is InChI=1S/C27H23NO6/c29-25-20-9-2-4-11-23(20)32-15-14-24(25)34-27(33-19-8-5-7-18(16-19)26(30)31)22-13-12-17-6-1-3-10-21(17)28-22/h1-13,16,24-25,27,29H,14-15H2,(H,30,31). The fourth-order valence-electron chi connectivity index (χ4n) is 4.00. The van der Waals surface area contributed by atoms with Gasteiger partial charge in [-0.2, -0.15) is 0 Å². The van der Waals surface area contributed by atoms with Gasteiger partial charge in [0.2, 0.25) is 6.29 Å². The van der Waals surface area contributed by atoms with Crippen molar-refractivity contribution in [1.29, 1.82) is 0 Å². The monoisotopic (exact) mass is 457 g/mol. The van der Waals surface area contributed by atoms with E-state index in [0.717, 1.165) is 10.9 Å². The number of rotatable bonds is 6. The van der Waals surface area contributed by atoms with Crippen LogP contribution in [0, 0.1) is 0 Å². The number of carboxylic acid groups (broad SMARTS) is 1. The second-order valence-electron chi connectivity index (χ2n) is 8.01. The average molecular weight is 457 g/mol. The molecule has 34 heavy (non-hydrogen) atoms. The molecule has 1 aromatic heterocycles. The molecule has 3 aromatic carbocycles. The zero-order valence-electron chi connectivity index (χ0n) is 18.2. The first kappa shape index (κ1) is 21.9. The summed E-state index contributed by atoms with van der Waals surface area (Å²) in [4.78, 5) is 16.1. The van der Waals surface area contributed by atoms with E-state index in [2.05, 4.69) is 0 Å². The van der Waals surface area contributed by atoms with Gasteiger partial charge in [-0.25, -0.2) is 9.78 Å². The van der Waals surface area contributed by atoms with Gasteiger partial charge in [-0.05, 0) is 36.4 Å². The molecule has 2 heterocycles. The van der Waals surface area contributed by atoms with Crippen molar-refractivity contribution < 1.29 is 29.2 Å². The molecule has 0 amide bonds. The highest BCUT2D eigenvalue weighted by Gasteiger charge is 2.32. The van der Waals surface area contributed by atoms with Gasteiger partial charge in [-0.3, -0.25) is 0 Å². The molecule has 0 saturated heterocycles. The van der Waals surface area contributed by atoms with Crippen LogP contribution in [0.1, 0.15) is 40.4 Å². The van der Waals surface area contributed by atoms with E-state index in [9.17, 15) is 15.0 Å². The number of nitrogens with zero attached hydrogens (tertiary/aromatic N) is 1. The summed E-state index contributed by atoms with van der Waals surface area (Å²) in [6, 6.07) is 24.9. The van der Waals surface area contributed by atoms with Gasteiger partial charge < -0.3 is 24.4 Å². The number of para-hydroxylation sites is 2. The number of carbonyl (C=O) groups is 1. The fraction of sp³-hybridized carbons (Fsp3) is 0.185. The number of pyridine rings is 1. The third-order valence-corrected chi connectivity index (χ3v) is 5.73. The highest BCUT2D eigenvalue weighted by molar-refractivity contribution is 5.88. The minimum Gasteiger partial charge on any atom is -0.493 e. The Morgan fingerprint density at radius 1 is 1.00 bits per heavy atom. The van der Waals surface area contributed by atoms with Crippen molar-refractivity contribution in [2.24, 2.45) is 0 Å². The summed E-state index contributed by atoms with van der Waals surface area (Å²) in [7, 11) is 0. The lowest BCUT2D eigenvalue weighted by molar-refractivity contribution is -0.160. The summed E-state index contributed by atoms with van der Waals surface area (Å²) in [5.41, 5.74) is 2.01. The van der Waals surface area contributed by atoms with Crippen LogP contribution >= 0.6 is 0 Å². The number of benzene rings is 3. The number of hydrogen-bond acceptors (Lipinski definition) is 6. The molecule has 0 spiro atoms. The predicted octanol–water partition coefficient (Wildman–Crippen LogP) is 4.91. The summed E-state index contributed by atoms with van der Waals surface area (Å²) < 4.78 is 18.2. The number of aliphatic hydroxyl groups is 1. The van der Waals surface area contributed by atoms with Gasteiger partial charge in [-0.15, -0.1) is 0 Å². The smallest absolute Gasteiger partial charge is 0.335 e. The average Bonchev–Trinajstić information content (AvgIpc) is 3.02. The molecule has 0 aliphatic carbocycles. The summed E-state index contributed by atoms with van der Waals surface area (Å²) in [5, 5.41) is 21.4. The van der Waals surface area contributed by atoms with Crippen LogP contribution in [-0.4, -0.2) is 33.9 Å². The lowest BCUT2D eigenvalue weighted by Crippen LogP contribution is -2.27. The number of aliphatic hydroxyl groups excluding tert-OH is 1. The van der Waals surface area contributed by atoms with Gasteiger partial charge in [-0.1, -0.05) is 48.5 Å². The van der Waals surface area contributed by atoms with Crippen LogP contribution in [0.3, 0.4) is 0 Å². The van der Waals surface area contributed by atoms with Crippen molar-refractivity contribution >= 4 is 16.9 Å². The largest absolute Gasteiger partial charge is 0.493 e. The first-order valence-electron chi connectivity index (χ1n) is 11.0. The van der Waals surface area contributed by atoms with Crippen LogP contribution in [0.25, 0.3) is 10.9 Å². The first-order chi connectivity index (χ1) is 16.6. The minimum absolute atomic E-state index is 0.0968. The number of aromatic nitrogens is 1. The molecule has 1 aliphatic rings. The highest BCUT2D eigenvalue weighted by atomic mass is 16.7. The first-order valence-corrected chi connectivity index (χ1v) is 11.0. The molecule has 0 fully saturated rings. The summed E-state index contributed by atoms with van der Waals surface area (Å²) >= 11 is 0. The molecule has 3 atom stereocenters.